The standard InChI is InChI=1S/C10H7N2O2S/c1-7-11-9(6-15-7)8-4-2-3-5-10(8)12(13)14/h2-6H,1H2. The Hall–Kier alpha value is -1.75. The summed E-state index contributed by atoms with van der Waals surface area (Å²) in [4.78, 5) is 14.5. The zero-order valence-corrected chi connectivity index (χ0v) is 8.53. The third kappa shape index (κ3) is 1.87. The fourth-order valence-electron chi connectivity index (χ4n) is 1.28. The van der Waals surface area contributed by atoms with Gasteiger partial charge in [0.05, 0.1) is 21.2 Å². The number of nitro benzene ring substituents is 1. The molecule has 1 aromatic heterocycles. The largest absolute Gasteiger partial charge is 0.278 e. The molecule has 0 N–H and O–H groups in total. The molecule has 4 nitrogen and oxygen atoms in total. The molecule has 0 fully saturated rings. The highest BCUT2D eigenvalue weighted by atomic mass is 32.1. The first kappa shape index (κ1) is 9.79. The van der Waals surface area contributed by atoms with E-state index in [2.05, 4.69) is 11.9 Å². The summed E-state index contributed by atoms with van der Waals surface area (Å²) in [6, 6.07) is 6.55. The first-order valence-electron chi connectivity index (χ1n) is 4.20. The van der Waals surface area contributed by atoms with Crippen molar-refractivity contribution in [2.45, 2.75) is 0 Å². The Morgan fingerprint density at radius 2 is 2.13 bits per heavy atom. The van der Waals surface area contributed by atoms with Gasteiger partial charge < -0.3 is 0 Å². The maximum atomic E-state index is 10.8. The Balaban J connectivity index is 2.57. The van der Waals surface area contributed by atoms with Crippen molar-refractivity contribution in [3.63, 3.8) is 0 Å². The number of nitro groups is 1. The van der Waals surface area contributed by atoms with Gasteiger partial charge in [-0.1, -0.05) is 12.1 Å². The first-order valence-corrected chi connectivity index (χ1v) is 5.08. The molecular formula is C10H7N2O2S. The van der Waals surface area contributed by atoms with E-state index < -0.39 is 4.92 Å². The molecule has 0 bridgehead atoms. The van der Waals surface area contributed by atoms with Crippen LogP contribution < -0.4 is 0 Å². The van der Waals surface area contributed by atoms with E-state index in [1.165, 1.54) is 17.4 Å². The number of hydrogen-bond acceptors (Lipinski definition) is 4. The Bertz CT molecular complexity index is 508. The predicted octanol–water partition coefficient (Wildman–Crippen LogP) is 2.90. The van der Waals surface area contributed by atoms with Crippen molar-refractivity contribution in [1.82, 2.24) is 4.98 Å². The Morgan fingerprint density at radius 1 is 1.40 bits per heavy atom. The van der Waals surface area contributed by atoms with Gasteiger partial charge in [-0.2, -0.15) is 0 Å². The first-order chi connectivity index (χ1) is 7.18. The molecule has 0 atom stereocenters. The van der Waals surface area contributed by atoms with Gasteiger partial charge in [0.1, 0.15) is 0 Å². The second kappa shape index (κ2) is 3.78. The molecular weight excluding hydrogens is 212 g/mol. The number of thiazole rings is 1. The Labute approximate surface area is 90.4 Å². The molecule has 1 aromatic carbocycles. The Kier molecular flexibility index (Phi) is 2.47. The van der Waals surface area contributed by atoms with E-state index in [1.807, 2.05) is 0 Å². The molecule has 0 aliphatic heterocycles. The molecule has 15 heavy (non-hydrogen) atoms. The van der Waals surface area contributed by atoms with Crippen molar-refractivity contribution in [1.29, 1.82) is 0 Å². The van der Waals surface area contributed by atoms with Crippen molar-refractivity contribution in [3.8, 4) is 11.3 Å². The highest BCUT2D eigenvalue weighted by Crippen LogP contribution is 2.29. The van der Waals surface area contributed by atoms with Gasteiger partial charge in [-0.25, -0.2) is 4.98 Å². The molecule has 0 aliphatic carbocycles. The smallest absolute Gasteiger partial charge is 0.258 e. The number of aromatic nitrogens is 1. The SMILES string of the molecule is [CH2]c1nc(-c2ccccc2[N+](=O)[O-])cs1. The topological polar surface area (TPSA) is 56.0 Å². The molecule has 75 valence electrons. The highest BCUT2D eigenvalue weighted by Gasteiger charge is 2.15. The molecule has 0 saturated heterocycles. The molecule has 0 unspecified atom stereocenters. The number of hydrogen-bond donors (Lipinski definition) is 0. The lowest BCUT2D eigenvalue weighted by Crippen LogP contribution is -1.91. The lowest BCUT2D eigenvalue weighted by atomic mass is 10.1. The van der Waals surface area contributed by atoms with Gasteiger partial charge in [0.2, 0.25) is 0 Å². The maximum Gasteiger partial charge on any atom is 0.278 e. The summed E-state index contributed by atoms with van der Waals surface area (Å²) < 4.78 is 0. The summed E-state index contributed by atoms with van der Waals surface area (Å²) in [6.07, 6.45) is 0. The number of rotatable bonds is 2. The van der Waals surface area contributed by atoms with E-state index in [0.29, 0.717) is 16.3 Å². The fourth-order valence-corrected chi connectivity index (χ4v) is 1.86. The number of nitrogens with zero attached hydrogens (tertiary/aromatic N) is 2. The van der Waals surface area contributed by atoms with E-state index in [9.17, 15) is 10.1 Å². The van der Waals surface area contributed by atoms with Crippen molar-refractivity contribution < 1.29 is 4.92 Å². The van der Waals surface area contributed by atoms with Gasteiger partial charge in [-0.3, -0.25) is 10.1 Å². The van der Waals surface area contributed by atoms with E-state index in [1.54, 1.807) is 23.6 Å². The minimum Gasteiger partial charge on any atom is -0.258 e. The lowest BCUT2D eigenvalue weighted by Gasteiger charge is -1.97. The van der Waals surface area contributed by atoms with Gasteiger partial charge in [-0.05, 0) is 6.07 Å². The minimum absolute atomic E-state index is 0.0720. The molecule has 0 saturated carbocycles. The van der Waals surface area contributed by atoms with E-state index in [4.69, 9.17) is 0 Å². The second-order valence-electron chi connectivity index (χ2n) is 2.90. The van der Waals surface area contributed by atoms with Crippen LogP contribution in [-0.4, -0.2) is 9.91 Å². The van der Waals surface area contributed by atoms with Crippen LogP contribution in [0.15, 0.2) is 29.6 Å². The summed E-state index contributed by atoms with van der Waals surface area (Å²) >= 11 is 1.37. The van der Waals surface area contributed by atoms with Crippen LogP contribution in [0.1, 0.15) is 5.01 Å². The average Bonchev–Trinajstić information content (AvgIpc) is 2.65. The van der Waals surface area contributed by atoms with Crippen LogP contribution >= 0.6 is 11.3 Å². The number of para-hydroxylation sites is 1. The third-order valence-corrected chi connectivity index (χ3v) is 2.63. The minimum atomic E-state index is -0.405. The average molecular weight is 219 g/mol. The lowest BCUT2D eigenvalue weighted by molar-refractivity contribution is -0.384. The molecule has 5 heteroatoms. The third-order valence-electron chi connectivity index (χ3n) is 1.93. The van der Waals surface area contributed by atoms with Gasteiger partial charge in [0, 0.05) is 18.4 Å². The predicted molar refractivity (Wildman–Crippen MR) is 58.7 cm³/mol. The summed E-state index contributed by atoms with van der Waals surface area (Å²) in [5.74, 6) is 0. The van der Waals surface area contributed by atoms with Gasteiger partial charge in [-0.15, -0.1) is 11.3 Å². The molecule has 0 amide bonds. The normalized spacial score (nSPS) is 10.2. The van der Waals surface area contributed by atoms with Crippen LogP contribution in [0.4, 0.5) is 5.69 Å². The van der Waals surface area contributed by atoms with Gasteiger partial charge in [0.25, 0.3) is 5.69 Å². The van der Waals surface area contributed by atoms with Crippen LogP contribution in [0.5, 0.6) is 0 Å². The molecule has 2 aromatic rings. The molecule has 0 spiro atoms. The zero-order valence-electron chi connectivity index (χ0n) is 7.71. The van der Waals surface area contributed by atoms with Crippen molar-refractivity contribution in [2.24, 2.45) is 0 Å². The van der Waals surface area contributed by atoms with Crippen LogP contribution in [-0.2, 0) is 0 Å². The van der Waals surface area contributed by atoms with E-state index in [0.717, 1.165) is 0 Å². The van der Waals surface area contributed by atoms with E-state index in [-0.39, 0.29) is 5.69 Å². The monoisotopic (exact) mass is 219 g/mol. The Morgan fingerprint density at radius 3 is 2.73 bits per heavy atom. The van der Waals surface area contributed by atoms with Crippen molar-refractivity contribution in [3.05, 3.63) is 51.7 Å². The van der Waals surface area contributed by atoms with Crippen molar-refractivity contribution in [2.75, 3.05) is 0 Å². The molecule has 1 heterocycles. The number of benzene rings is 1. The van der Waals surface area contributed by atoms with Crippen LogP contribution in [0.2, 0.25) is 0 Å². The summed E-state index contributed by atoms with van der Waals surface area (Å²) in [7, 11) is 0. The molecule has 0 aliphatic rings. The summed E-state index contributed by atoms with van der Waals surface area (Å²) in [5, 5.41) is 13.2. The van der Waals surface area contributed by atoms with Crippen LogP contribution in [0, 0.1) is 17.0 Å². The summed E-state index contributed by atoms with van der Waals surface area (Å²) in [5.41, 5.74) is 1.22. The van der Waals surface area contributed by atoms with Crippen molar-refractivity contribution >= 4 is 17.0 Å². The summed E-state index contributed by atoms with van der Waals surface area (Å²) in [6.45, 7) is 3.68. The van der Waals surface area contributed by atoms with E-state index >= 15 is 0 Å². The highest BCUT2D eigenvalue weighted by molar-refractivity contribution is 7.10. The molecule has 2 rings (SSSR count). The molecule has 1 radical (unpaired) electrons. The second-order valence-corrected chi connectivity index (χ2v) is 3.84. The van der Waals surface area contributed by atoms with Crippen LogP contribution in [0.3, 0.4) is 0 Å². The fraction of sp³-hybridized carbons (Fsp3) is 0. The quantitative estimate of drug-likeness (QED) is 0.576. The van der Waals surface area contributed by atoms with Gasteiger partial charge in [0.15, 0.2) is 0 Å². The maximum absolute atomic E-state index is 10.8. The van der Waals surface area contributed by atoms with Gasteiger partial charge >= 0.3 is 0 Å². The zero-order chi connectivity index (χ0) is 10.8. The van der Waals surface area contributed by atoms with Crippen LogP contribution in [0.25, 0.3) is 11.3 Å².